The minimum atomic E-state index is -2.98. The number of anilines is 1. The molecule has 7 heteroatoms. The minimum Gasteiger partial charge on any atom is -0.493 e. The molecule has 3 aromatic rings. The number of carbonyl (C=O) groups is 1. The SMILES string of the molecule is COc1cc(C(=O)N(C[C@@H]2CCCN2CC2CCCCC2)c2cccc(-c3ccccc3)c2)ccc1OC(F)F. The van der Waals surface area contributed by atoms with Gasteiger partial charge in [-0.25, -0.2) is 0 Å². The second kappa shape index (κ2) is 13.3. The zero-order valence-corrected chi connectivity index (χ0v) is 23.1. The van der Waals surface area contributed by atoms with Crippen LogP contribution in [0.1, 0.15) is 55.3 Å². The van der Waals surface area contributed by atoms with Crippen LogP contribution in [0.3, 0.4) is 0 Å². The number of carbonyl (C=O) groups excluding carboxylic acids is 1. The fraction of sp³-hybridized carbons (Fsp3) is 0.424. The van der Waals surface area contributed by atoms with Gasteiger partial charge in [0.1, 0.15) is 0 Å². The summed E-state index contributed by atoms with van der Waals surface area (Å²) in [4.78, 5) is 18.6. The molecule has 1 amide bonds. The molecule has 5 nitrogen and oxygen atoms in total. The van der Waals surface area contributed by atoms with Crippen molar-refractivity contribution in [2.45, 2.75) is 57.6 Å². The maximum absolute atomic E-state index is 14.1. The van der Waals surface area contributed by atoms with E-state index in [0.717, 1.165) is 48.7 Å². The Bertz CT molecular complexity index is 1260. The van der Waals surface area contributed by atoms with E-state index in [2.05, 4.69) is 27.8 Å². The average molecular weight is 549 g/mol. The van der Waals surface area contributed by atoms with E-state index in [1.165, 1.54) is 57.4 Å². The van der Waals surface area contributed by atoms with Crippen LogP contribution in [0, 0.1) is 5.92 Å². The molecule has 40 heavy (non-hydrogen) atoms. The van der Waals surface area contributed by atoms with Gasteiger partial charge in [-0.1, -0.05) is 61.7 Å². The van der Waals surface area contributed by atoms with Crippen molar-refractivity contribution in [1.82, 2.24) is 4.90 Å². The van der Waals surface area contributed by atoms with Gasteiger partial charge in [0.25, 0.3) is 5.91 Å². The van der Waals surface area contributed by atoms with Gasteiger partial charge in [-0.15, -0.1) is 0 Å². The van der Waals surface area contributed by atoms with Gasteiger partial charge < -0.3 is 14.4 Å². The summed E-state index contributed by atoms with van der Waals surface area (Å²) in [6.45, 7) is -0.281. The average Bonchev–Trinajstić information content (AvgIpc) is 3.42. The smallest absolute Gasteiger partial charge is 0.387 e. The van der Waals surface area contributed by atoms with Gasteiger partial charge in [0.15, 0.2) is 11.5 Å². The predicted molar refractivity (Wildman–Crippen MR) is 154 cm³/mol. The summed E-state index contributed by atoms with van der Waals surface area (Å²) in [6, 6.07) is 22.8. The first-order valence-electron chi connectivity index (χ1n) is 14.4. The van der Waals surface area contributed by atoms with Crippen LogP contribution in [0.25, 0.3) is 11.1 Å². The molecule has 1 saturated heterocycles. The van der Waals surface area contributed by atoms with Gasteiger partial charge in [-0.05, 0) is 79.6 Å². The van der Waals surface area contributed by atoms with Crippen molar-refractivity contribution < 1.29 is 23.0 Å². The highest BCUT2D eigenvalue weighted by molar-refractivity contribution is 6.06. The number of hydrogen-bond acceptors (Lipinski definition) is 4. The van der Waals surface area contributed by atoms with Crippen LogP contribution in [-0.2, 0) is 0 Å². The number of benzene rings is 3. The zero-order chi connectivity index (χ0) is 27.9. The Labute approximate surface area is 235 Å². The third-order valence-corrected chi connectivity index (χ3v) is 8.25. The first kappa shape index (κ1) is 28.1. The van der Waals surface area contributed by atoms with E-state index in [9.17, 15) is 13.6 Å². The Kier molecular flexibility index (Phi) is 9.32. The highest BCUT2D eigenvalue weighted by atomic mass is 19.3. The van der Waals surface area contributed by atoms with Crippen LogP contribution in [0.5, 0.6) is 11.5 Å². The predicted octanol–water partition coefficient (Wildman–Crippen LogP) is 7.66. The molecule has 0 N–H and O–H groups in total. The Morgan fingerprint density at radius 1 is 0.900 bits per heavy atom. The maximum atomic E-state index is 14.1. The molecule has 2 aliphatic rings. The van der Waals surface area contributed by atoms with E-state index in [4.69, 9.17) is 4.74 Å². The third kappa shape index (κ3) is 6.81. The number of hydrogen-bond donors (Lipinski definition) is 0. The van der Waals surface area contributed by atoms with Crippen molar-refractivity contribution in [2.75, 3.05) is 31.6 Å². The minimum absolute atomic E-state index is 0.0962. The van der Waals surface area contributed by atoms with E-state index in [0.29, 0.717) is 12.1 Å². The number of ether oxygens (including phenoxy) is 2. The van der Waals surface area contributed by atoms with Crippen molar-refractivity contribution >= 4 is 11.6 Å². The van der Waals surface area contributed by atoms with E-state index in [1.807, 2.05) is 41.3 Å². The molecule has 5 rings (SSSR count). The van der Waals surface area contributed by atoms with Crippen molar-refractivity contribution in [1.29, 1.82) is 0 Å². The molecule has 1 heterocycles. The Morgan fingerprint density at radius 2 is 1.68 bits per heavy atom. The number of alkyl halides is 2. The van der Waals surface area contributed by atoms with Crippen LogP contribution in [-0.4, -0.2) is 50.2 Å². The highest BCUT2D eigenvalue weighted by Crippen LogP contribution is 2.33. The molecule has 1 saturated carbocycles. The van der Waals surface area contributed by atoms with Crippen molar-refractivity contribution in [3.8, 4) is 22.6 Å². The van der Waals surface area contributed by atoms with Crippen molar-refractivity contribution in [3.05, 3.63) is 78.4 Å². The van der Waals surface area contributed by atoms with E-state index < -0.39 is 6.61 Å². The van der Waals surface area contributed by atoms with E-state index in [-0.39, 0.29) is 23.4 Å². The van der Waals surface area contributed by atoms with Gasteiger partial charge in [0.05, 0.1) is 7.11 Å². The van der Waals surface area contributed by atoms with Crippen LogP contribution in [0.4, 0.5) is 14.5 Å². The number of likely N-dealkylation sites (tertiary alicyclic amines) is 1. The maximum Gasteiger partial charge on any atom is 0.387 e. The Balaban J connectivity index is 1.45. The summed E-state index contributed by atoms with van der Waals surface area (Å²) in [5.74, 6) is 0.535. The van der Waals surface area contributed by atoms with Crippen LogP contribution >= 0.6 is 0 Å². The molecule has 1 aliphatic carbocycles. The van der Waals surface area contributed by atoms with Gasteiger partial charge in [-0.3, -0.25) is 9.69 Å². The lowest BCUT2D eigenvalue weighted by molar-refractivity contribution is -0.0512. The first-order valence-corrected chi connectivity index (χ1v) is 14.4. The van der Waals surface area contributed by atoms with Gasteiger partial charge in [-0.2, -0.15) is 8.78 Å². The highest BCUT2D eigenvalue weighted by Gasteiger charge is 2.31. The summed E-state index contributed by atoms with van der Waals surface area (Å²) < 4.78 is 35.7. The largest absolute Gasteiger partial charge is 0.493 e. The molecule has 2 fully saturated rings. The third-order valence-electron chi connectivity index (χ3n) is 8.25. The summed E-state index contributed by atoms with van der Waals surface area (Å²) >= 11 is 0. The summed E-state index contributed by atoms with van der Waals surface area (Å²) in [5.41, 5.74) is 3.27. The molecule has 1 aliphatic heterocycles. The van der Waals surface area contributed by atoms with Crippen LogP contribution in [0.2, 0.25) is 0 Å². The molecular weight excluding hydrogens is 510 g/mol. The standard InChI is InChI=1S/C33H38F2N2O3/c1-39-31-21-27(17-18-30(31)40-33(34)35)32(38)37(28-15-8-14-26(20-28)25-12-6-3-7-13-25)23-29-16-9-19-36(29)22-24-10-4-2-5-11-24/h3,6-8,12-15,17-18,20-21,24,29,33H,2,4-5,9-11,16,19,22-23H2,1H3/t29-/m0/s1. The molecule has 0 unspecified atom stereocenters. The normalized spacial score (nSPS) is 18.1. The fourth-order valence-electron chi connectivity index (χ4n) is 6.19. The quantitative estimate of drug-likeness (QED) is 0.261. The first-order chi connectivity index (χ1) is 19.5. The molecule has 0 aromatic heterocycles. The molecule has 0 bridgehead atoms. The lowest BCUT2D eigenvalue weighted by atomic mass is 9.89. The fourth-order valence-corrected chi connectivity index (χ4v) is 6.19. The number of halogens is 2. The van der Waals surface area contributed by atoms with Gasteiger partial charge in [0.2, 0.25) is 0 Å². The Hall–Kier alpha value is -3.45. The van der Waals surface area contributed by atoms with Gasteiger partial charge in [0, 0.05) is 30.4 Å². The van der Waals surface area contributed by atoms with Crippen LogP contribution < -0.4 is 14.4 Å². The second-order valence-corrected chi connectivity index (χ2v) is 10.9. The summed E-state index contributed by atoms with van der Waals surface area (Å²) in [7, 11) is 1.38. The van der Waals surface area contributed by atoms with Crippen LogP contribution in [0.15, 0.2) is 72.8 Å². The van der Waals surface area contributed by atoms with Crippen molar-refractivity contribution in [2.24, 2.45) is 5.92 Å². The number of rotatable bonds is 10. The lowest BCUT2D eigenvalue weighted by Gasteiger charge is -2.34. The van der Waals surface area contributed by atoms with E-state index >= 15 is 0 Å². The molecule has 212 valence electrons. The lowest BCUT2D eigenvalue weighted by Crippen LogP contribution is -2.45. The molecule has 0 spiro atoms. The molecule has 3 aromatic carbocycles. The summed E-state index contributed by atoms with van der Waals surface area (Å²) in [5, 5.41) is 0. The van der Waals surface area contributed by atoms with Crippen molar-refractivity contribution in [3.63, 3.8) is 0 Å². The second-order valence-electron chi connectivity index (χ2n) is 10.9. The Morgan fingerprint density at radius 3 is 2.42 bits per heavy atom. The number of methoxy groups -OCH3 is 1. The summed E-state index contributed by atoms with van der Waals surface area (Å²) in [6.07, 6.45) is 8.71. The number of nitrogens with zero attached hydrogens (tertiary/aromatic N) is 2. The number of amides is 1. The zero-order valence-electron chi connectivity index (χ0n) is 23.1. The monoisotopic (exact) mass is 548 g/mol. The molecule has 1 atom stereocenters. The van der Waals surface area contributed by atoms with E-state index in [1.54, 1.807) is 0 Å². The van der Waals surface area contributed by atoms with Gasteiger partial charge >= 0.3 is 6.61 Å². The topological polar surface area (TPSA) is 42.0 Å². The molecular formula is C33H38F2N2O3. The molecule has 0 radical (unpaired) electrons.